The fraction of sp³-hybridized carbons (Fsp3) is 0. The number of anilines is 1. The topological polar surface area (TPSA) is 112 Å². The molecule has 7 nitrogen and oxygen atoms in total. The molecular formula is C12H9N3O4S2. The highest BCUT2D eigenvalue weighted by Crippen LogP contribution is 2.22. The van der Waals surface area contributed by atoms with Gasteiger partial charge in [-0.25, -0.2) is 22.9 Å². The molecule has 21 heavy (non-hydrogen) atoms. The number of carbonyl (C=O) groups is 1. The molecule has 0 aliphatic rings. The van der Waals surface area contributed by atoms with Crippen LogP contribution in [-0.2, 0) is 10.0 Å². The first kappa shape index (κ1) is 13.6. The normalized spacial score (nSPS) is 11.6. The maximum Gasteiger partial charge on any atom is 0.345 e. The second-order valence-electron chi connectivity index (χ2n) is 4.16. The van der Waals surface area contributed by atoms with Gasteiger partial charge in [0.2, 0.25) is 5.95 Å². The molecular weight excluding hydrogens is 314 g/mol. The highest BCUT2D eigenvalue weighted by molar-refractivity contribution is 7.92. The van der Waals surface area contributed by atoms with Crippen molar-refractivity contribution in [1.82, 2.24) is 9.97 Å². The first-order valence-electron chi connectivity index (χ1n) is 5.75. The third kappa shape index (κ3) is 2.60. The summed E-state index contributed by atoms with van der Waals surface area (Å²) in [6.07, 6.45) is 0. The molecule has 2 aromatic heterocycles. The summed E-state index contributed by atoms with van der Waals surface area (Å²) < 4.78 is 26.6. The molecule has 0 spiro atoms. The Morgan fingerprint density at radius 2 is 2.10 bits per heavy atom. The van der Waals surface area contributed by atoms with E-state index in [0.29, 0.717) is 11.0 Å². The van der Waals surface area contributed by atoms with Crippen LogP contribution in [0.3, 0.4) is 0 Å². The number of para-hydroxylation sites is 2. The van der Waals surface area contributed by atoms with Gasteiger partial charge in [-0.3, -0.25) is 0 Å². The zero-order chi connectivity index (χ0) is 15.0. The molecule has 0 fully saturated rings. The number of aromatic nitrogens is 2. The molecule has 3 N–H and O–H groups in total. The van der Waals surface area contributed by atoms with Crippen LogP contribution >= 0.6 is 11.3 Å². The minimum absolute atomic E-state index is 0.0417. The summed E-state index contributed by atoms with van der Waals surface area (Å²) in [7, 11) is -3.87. The van der Waals surface area contributed by atoms with Gasteiger partial charge in [-0.05, 0) is 18.2 Å². The van der Waals surface area contributed by atoms with E-state index in [0.717, 1.165) is 17.4 Å². The molecule has 3 aromatic rings. The average molecular weight is 323 g/mol. The Kier molecular flexibility index (Phi) is 3.15. The van der Waals surface area contributed by atoms with Crippen molar-refractivity contribution in [3.8, 4) is 0 Å². The fourth-order valence-electron chi connectivity index (χ4n) is 1.76. The lowest BCUT2D eigenvalue weighted by Gasteiger charge is -2.01. The maximum absolute atomic E-state index is 12.2. The summed E-state index contributed by atoms with van der Waals surface area (Å²) in [5.41, 5.74) is 1.33. The predicted molar refractivity (Wildman–Crippen MR) is 78.2 cm³/mol. The number of aromatic amines is 1. The Labute approximate surface area is 123 Å². The van der Waals surface area contributed by atoms with Gasteiger partial charge in [0.1, 0.15) is 4.88 Å². The van der Waals surface area contributed by atoms with Gasteiger partial charge in [0.15, 0.2) is 0 Å². The Bertz CT molecular complexity index is 894. The van der Waals surface area contributed by atoms with E-state index in [1.54, 1.807) is 24.3 Å². The van der Waals surface area contributed by atoms with Crippen molar-refractivity contribution in [1.29, 1.82) is 0 Å². The largest absolute Gasteiger partial charge is 0.477 e. The minimum Gasteiger partial charge on any atom is -0.477 e. The van der Waals surface area contributed by atoms with Crippen molar-refractivity contribution in [2.24, 2.45) is 0 Å². The van der Waals surface area contributed by atoms with Gasteiger partial charge in [0.05, 0.1) is 15.9 Å². The van der Waals surface area contributed by atoms with Crippen LogP contribution in [0.1, 0.15) is 9.67 Å². The van der Waals surface area contributed by atoms with E-state index in [1.807, 2.05) is 0 Å². The molecule has 0 saturated heterocycles. The molecule has 0 aliphatic carbocycles. The number of carboxylic acids is 1. The SMILES string of the molecule is O=C(O)c1cc(S(=O)(=O)Nc2nc3ccccc3[nH]2)cs1. The van der Waals surface area contributed by atoms with Crippen molar-refractivity contribution < 1.29 is 18.3 Å². The molecule has 3 rings (SSSR count). The first-order chi connectivity index (χ1) is 9.95. The van der Waals surface area contributed by atoms with E-state index in [-0.39, 0.29) is 15.7 Å². The number of nitrogens with one attached hydrogen (secondary N) is 2. The molecule has 9 heteroatoms. The maximum atomic E-state index is 12.2. The number of nitrogens with zero attached hydrogens (tertiary/aromatic N) is 1. The van der Waals surface area contributed by atoms with Crippen LogP contribution in [0.25, 0.3) is 11.0 Å². The van der Waals surface area contributed by atoms with Gasteiger partial charge in [0.25, 0.3) is 10.0 Å². The van der Waals surface area contributed by atoms with E-state index < -0.39 is 16.0 Å². The molecule has 0 radical (unpaired) electrons. The van der Waals surface area contributed by atoms with Crippen LogP contribution in [0.5, 0.6) is 0 Å². The third-order valence-corrected chi connectivity index (χ3v) is 5.10. The number of rotatable bonds is 4. The Hall–Kier alpha value is -2.39. The molecule has 0 amide bonds. The third-order valence-electron chi connectivity index (χ3n) is 2.72. The number of H-pyrrole nitrogens is 1. The fourth-order valence-corrected chi connectivity index (χ4v) is 3.83. The van der Waals surface area contributed by atoms with Gasteiger partial charge < -0.3 is 10.1 Å². The van der Waals surface area contributed by atoms with Gasteiger partial charge in [-0.15, -0.1) is 11.3 Å². The first-order valence-corrected chi connectivity index (χ1v) is 8.11. The number of carboxylic acid groups (broad SMARTS) is 1. The van der Waals surface area contributed by atoms with E-state index >= 15 is 0 Å². The molecule has 108 valence electrons. The van der Waals surface area contributed by atoms with Crippen LogP contribution in [0, 0.1) is 0 Å². The number of hydrogen-bond donors (Lipinski definition) is 3. The molecule has 1 aromatic carbocycles. The van der Waals surface area contributed by atoms with Crippen LogP contribution < -0.4 is 4.72 Å². The van der Waals surface area contributed by atoms with Gasteiger partial charge >= 0.3 is 5.97 Å². The highest BCUT2D eigenvalue weighted by Gasteiger charge is 2.20. The number of imidazole rings is 1. The molecule has 0 saturated carbocycles. The summed E-state index contributed by atoms with van der Waals surface area (Å²) in [6, 6.07) is 8.22. The summed E-state index contributed by atoms with van der Waals surface area (Å²) in [6.45, 7) is 0. The Morgan fingerprint density at radius 1 is 1.33 bits per heavy atom. The lowest BCUT2D eigenvalue weighted by atomic mass is 10.3. The number of benzene rings is 1. The van der Waals surface area contributed by atoms with Gasteiger partial charge in [-0.1, -0.05) is 12.1 Å². The van der Waals surface area contributed by atoms with Gasteiger partial charge in [-0.2, -0.15) is 0 Å². The standard InChI is InChI=1S/C12H9N3O4S2/c16-11(17)10-5-7(6-20-10)21(18,19)15-12-13-8-3-1-2-4-9(8)14-12/h1-6H,(H,16,17)(H2,13,14,15). The number of sulfonamides is 1. The Morgan fingerprint density at radius 3 is 2.76 bits per heavy atom. The number of hydrogen-bond acceptors (Lipinski definition) is 5. The van der Waals surface area contributed by atoms with Crippen molar-refractivity contribution in [3.05, 3.63) is 40.6 Å². The van der Waals surface area contributed by atoms with Crippen LogP contribution in [0.2, 0.25) is 0 Å². The number of fused-ring (bicyclic) bond motifs is 1. The van der Waals surface area contributed by atoms with E-state index in [4.69, 9.17) is 5.11 Å². The Balaban J connectivity index is 1.93. The van der Waals surface area contributed by atoms with E-state index in [1.165, 1.54) is 5.38 Å². The monoisotopic (exact) mass is 323 g/mol. The molecule has 2 heterocycles. The second kappa shape index (κ2) is 4.86. The smallest absolute Gasteiger partial charge is 0.345 e. The lowest BCUT2D eigenvalue weighted by molar-refractivity contribution is 0.0702. The summed E-state index contributed by atoms with van der Waals surface area (Å²) in [5, 5.41) is 10.1. The van der Waals surface area contributed by atoms with Gasteiger partial charge in [0, 0.05) is 5.38 Å². The van der Waals surface area contributed by atoms with Crippen molar-refractivity contribution in [2.45, 2.75) is 4.90 Å². The zero-order valence-corrected chi connectivity index (χ0v) is 12.0. The molecule has 0 aliphatic heterocycles. The quantitative estimate of drug-likeness (QED) is 0.681. The van der Waals surface area contributed by atoms with E-state index in [2.05, 4.69) is 14.7 Å². The lowest BCUT2D eigenvalue weighted by Crippen LogP contribution is -2.13. The molecule has 0 bridgehead atoms. The van der Waals surface area contributed by atoms with Crippen molar-refractivity contribution >= 4 is 44.3 Å². The van der Waals surface area contributed by atoms with Crippen LogP contribution in [-0.4, -0.2) is 29.5 Å². The summed E-state index contributed by atoms with van der Waals surface area (Å²) in [5.74, 6) is -1.08. The average Bonchev–Trinajstić information content (AvgIpc) is 3.04. The number of thiophene rings is 1. The number of aromatic carboxylic acids is 1. The van der Waals surface area contributed by atoms with Crippen molar-refractivity contribution in [2.75, 3.05) is 4.72 Å². The van der Waals surface area contributed by atoms with Crippen molar-refractivity contribution in [3.63, 3.8) is 0 Å². The molecule has 0 unspecified atom stereocenters. The summed E-state index contributed by atoms with van der Waals surface area (Å²) in [4.78, 5) is 17.6. The predicted octanol–water partition coefficient (Wildman–Crippen LogP) is 2.12. The highest BCUT2D eigenvalue weighted by atomic mass is 32.2. The second-order valence-corrected chi connectivity index (χ2v) is 6.75. The molecule has 0 atom stereocenters. The minimum atomic E-state index is -3.87. The van der Waals surface area contributed by atoms with Crippen LogP contribution in [0.15, 0.2) is 40.6 Å². The summed E-state index contributed by atoms with van der Waals surface area (Å²) >= 11 is 0.851. The zero-order valence-electron chi connectivity index (χ0n) is 10.4. The van der Waals surface area contributed by atoms with E-state index in [9.17, 15) is 13.2 Å². The van der Waals surface area contributed by atoms with Crippen LogP contribution in [0.4, 0.5) is 5.95 Å².